The molecule has 0 heterocycles. The minimum absolute atomic E-state index is 0.523. The summed E-state index contributed by atoms with van der Waals surface area (Å²) in [4.78, 5) is 4.59. The molecule has 116 valence electrons. The second-order valence-corrected chi connectivity index (χ2v) is 7.28. The van der Waals surface area contributed by atoms with Crippen LogP contribution in [-0.2, 0) is 0 Å². The average Bonchev–Trinajstić information content (AvgIpc) is 2.43. The summed E-state index contributed by atoms with van der Waals surface area (Å²) in [5.74, 6) is 0.875. The monoisotopic (exact) mass is 299 g/mol. The van der Waals surface area contributed by atoms with Crippen molar-refractivity contribution in [3.05, 3.63) is 0 Å². The molecule has 0 amide bonds. The zero-order valence-corrected chi connectivity index (χ0v) is 13.6. The Kier molecular flexibility index (Phi) is 6.02. The molecule has 2 aliphatic carbocycles. The predicted molar refractivity (Wildman–Crippen MR) is 87.5 cm³/mol. The van der Waals surface area contributed by atoms with Gasteiger partial charge in [0.2, 0.25) is 0 Å². The molecule has 0 aromatic rings. The van der Waals surface area contributed by atoms with E-state index >= 15 is 0 Å². The van der Waals surface area contributed by atoms with Crippen molar-refractivity contribution in [3.63, 3.8) is 0 Å². The van der Waals surface area contributed by atoms with E-state index in [0.29, 0.717) is 12.6 Å². The van der Waals surface area contributed by atoms with Crippen LogP contribution in [0.3, 0.4) is 0 Å². The molecule has 0 aromatic carbocycles. The van der Waals surface area contributed by atoms with Crippen molar-refractivity contribution in [1.29, 1.82) is 0 Å². The molecule has 2 fully saturated rings. The summed E-state index contributed by atoms with van der Waals surface area (Å²) < 4.78 is 0. The highest BCUT2D eigenvalue weighted by Gasteiger charge is 2.34. The van der Waals surface area contributed by atoms with E-state index in [2.05, 4.69) is 28.8 Å². The van der Waals surface area contributed by atoms with E-state index in [-0.39, 0.29) is 0 Å². The third kappa shape index (κ3) is 4.55. The van der Waals surface area contributed by atoms with Gasteiger partial charge in [-0.3, -0.25) is 4.99 Å². The highest BCUT2D eigenvalue weighted by Crippen LogP contribution is 2.31. The van der Waals surface area contributed by atoms with Crippen LogP contribution in [0.4, 0.5) is 0 Å². The van der Waals surface area contributed by atoms with Crippen LogP contribution in [0.1, 0.15) is 51.9 Å². The molecule has 0 radical (unpaired) electrons. The fourth-order valence-electron chi connectivity index (χ4n) is 2.97. The molecule has 4 nitrogen and oxygen atoms in total. The van der Waals surface area contributed by atoms with E-state index in [0.717, 1.165) is 37.0 Å². The first-order valence-corrected chi connectivity index (χ1v) is 9.24. The number of nitrogens with one attached hydrogen (secondary N) is 2. The van der Waals surface area contributed by atoms with Crippen molar-refractivity contribution in [1.82, 2.24) is 10.6 Å². The molecule has 2 atom stereocenters. The van der Waals surface area contributed by atoms with Gasteiger partial charge < -0.3 is 15.7 Å². The number of hydrogen-bond donors (Lipinski definition) is 3. The zero-order chi connectivity index (χ0) is 14.4. The largest absolute Gasteiger partial charge is 0.388 e. The van der Waals surface area contributed by atoms with Crippen molar-refractivity contribution in [2.24, 2.45) is 4.99 Å². The maximum Gasteiger partial charge on any atom is 0.191 e. The van der Waals surface area contributed by atoms with Crippen LogP contribution in [0, 0.1) is 0 Å². The first kappa shape index (κ1) is 16.0. The molecular weight excluding hydrogens is 270 g/mol. The Morgan fingerprint density at radius 1 is 1.35 bits per heavy atom. The molecule has 5 heteroatoms. The Hall–Kier alpha value is -0.420. The number of thioether (sulfide) groups is 1. The van der Waals surface area contributed by atoms with E-state index in [1.54, 1.807) is 0 Å². The SMILES string of the molecule is CCNC(=NCC1(O)CCC1)NC1CCCC(SC)C1. The van der Waals surface area contributed by atoms with Crippen LogP contribution in [0.15, 0.2) is 4.99 Å². The third-order valence-electron chi connectivity index (χ3n) is 4.46. The number of rotatable bonds is 5. The van der Waals surface area contributed by atoms with Crippen molar-refractivity contribution in [2.75, 3.05) is 19.3 Å². The van der Waals surface area contributed by atoms with Gasteiger partial charge in [0.25, 0.3) is 0 Å². The molecule has 2 rings (SSSR count). The van der Waals surface area contributed by atoms with Gasteiger partial charge in [0.1, 0.15) is 0 Å². The van der Waals surface area contributed by atoms with Crippen molar-refractivity contribution in [3.8, 4) is 0 Å². The minimum atomic E-state index is -0.531. The Bertz CT molecular complexity index is 331. The zero-order valence-electron chi connectivity index (χ0n) is 12.8. The third-order valence-corrected chi connectivity index (χ3v) is 5.56. The summed E-state index contributed by atoms with van der Waals surface area (Å²) in [5.41, 5.74) is -0.531. The molecule has 0 aliphatic heterocycles. The number of aliphatic hydroxyl groups is 1. The molecule has 20 heavy (non-hydrogen) atoms. The lowest BCUT2D eigenvalue weighted by Crippen LogP contribution is -2.47. The number of hydrogen-bond acceptors (Lipinski definition) is 3. The van der Waals surface area contributed by atoms with Gasteiger partial charge in [-0.15, -0.1) is 0 Å². The van der Waals surface area contributed by atoms with Gasteiger partial charge in [-0.1, -0.05) is 6.42 Å². The van der Waals surface area contributed by atoms with Crippen molar-refractivity contribution < 1.29 is 5.11 Å². The van der Waals surface area contributed by atoms with E-state index in [4.69, 9.17) is 0 Å². The predicted octanol–water partition coefficient (Wildman–Crippen LogP) is 2.13. The number of aliphatic imine (C=N–C) groups is 1. The lowest BCUT2D eigenvalue weighted by molar-refractivity contribution is -0.0236. The van der Waals surface area contributed by atoms with Gasteiger partial charge in [0, 0.05) is 17.8 Å². The molecule has 3 N–H and O–H groups in total. The van der Waals surface area contributed by atoms with E-state index in [9.17, 15) is 5.11 Å². The highest BCUT2D eigenvalue weighted by molar-refractivity contribution is 7.99. The van der Waals surface area contributed by atoms with Gasteiger partial charge in [-0.25, -0.2) is 0 Å². The topological polar surface area (TPSA) is 56.7 Å². The summed E-state index contributed by atoms with van der Waals surface area (Å²) in [6.45, 7) is 3.48. The summed E-state index contributed by atoms with van der Waals surface area (Å²) in [6, 6.07) is 0.523. The van der Waals surface area contributed by atoms with Gasteiger partial charge >= 0.3 is 0 Å². The molecule has 0 spiro atoms. The van der Waals surface area contributed by atoms with E-state index in [1.165, 1.54) is 25.7 Å². The number of guanidine groups is 1. The summed E-state index contributed by atoms with van der Waals surface area (Å²) >= 11 is 1.98. The van der Waals surface area contributed by atoms with Crippen LogP contribution < -0.4 is 10.6 Å². The molecule has 2 aliphatic rings. The second-order valence-electron chi connectivity index (χ2n) is 6.14. The Labute approximate surface area is 127 Å². The van der Waals surface area contributed by atoms with Crippen LogP contribution in [0.25, 0.3) is 0 Å². The van der Waals surface area contributed by atoms with Crippen LogP contribution in [0.2, 0.25) is 0 Å². The first-order chi connectivity index (χ1) is 9.65. The fraction of sp³-hybridized carbons (Fsp3) is 0.933. The first-order valence-electron chi connectivity index (χ1n) is 7.95. The van der Waals surface area contributed by atoms with Crippen molar-refractivity contribution >= 4 is 17.7 Å². The van der Waals surface area contributed by atoms with Gasteiger partial charge in [-0.05, 0) is 51.7 Å². The highest BCUT2D eigenvalue weighted by atomic mass is 32.2. The quantitative estimate of drug-likeness (QED) is 0.538. The van der Waals surface area contributed by atoms with Crippen LogP contribution in [0.5, 0.6) is 0 Å². The van der Waals surface area contributed by atoms with Crippen molar-refractivity contribution in [2.45, 2.75) is 68.8 Å². The van der Waals surface area contributed by atoms with Crippen LogP contribution >= 0.6 is 11.8 Å². The molecule has 0 saturated heterocycles. The minimum Gasteiger partial charge on any atom is -0.388 e. The summed E-state index contributed by atoms with van der Waals surface area (Å²) in [6.07, 6.45) is 10.2. The van der Waals surface area contributed by atoms with Gasteiger partial charge in [-0.2, -0.15) is 11.8 Å². The Balaban J connectivity index is 1.85. The lowest BCUT2D eigenvalue weighted by atomic mass is 9.80. The fourth-order valence-corrected chi connectivity index (χ4v) is 3.80. The van der Waals surface area contributed by atoms with E-state index < -0.39 is 5.60 Å². The molecule has 2 unspecified atom stereocenters. The van der Waals surface area contributed by atoms with E-state index in [1.807, 2.05) is 11.8 Å². The molecular formula is C15H29N3OS. The normalized spacial score (nSPS) is 29.6. The van der Waals surface area contributed by atoms with Crippen LogP contribution in [-0.4, -0.2) is 47.3 Å². The summed E-state index contributed by atoms with van der Waals surface area (Å²) in [5, 5.41) is 17.8. The number of nitrogens with zero attached hydrogens (tertiary/aromatic N) is 1. The average molecular weight is 299 g/mol. The smallest absolute Gasteiger partial charge is 0.191 e. The Morgan fingerprint density at radius 2 is 2.15 bits per heavy atom. The van der Waals surface area contributed by atoms with Gasteiger partial charge in [0.15, 0.2) is 5.96 Å². The van der Waals surface area contributed by atoms with Gasteiger partial charge in [0.05, 0.1) is 12.1 Å². The summed E-state index contributed by atoms with van der Waals surface area (Å²) in [7, 11) is 0. The molecule has 0 bridgehead atoms. The Morgan fingerprint density at radius 3 is 2.75 bits per heavy atom. The molecule has 2 saturated carbocycles. The maximum absolute atomic E-state index is 10.1. The molecule has 0 aromatic heterocycles. The lowest BCUT2D eigenvalue weighted by Gasteiger charge is -2.35. The maximum atomic E-state index is 10.1. The standard InChI is InChI=1S/C15H29N3OS/c1-3-16-14(17-11-15(19)8-5-9-15)18-12-6-4-7-13(10-12)20-2/h12-13,19H,3-11H2,1-2H3,(H2,16,17,18). The second kappa shape index (κ2) is 7.55.